The molecule has 1 aromatic heterocycles. The standard InChI is InChI=1S/C24H17N5O8S2/c30-23-19(28-26-13-1-5-15(6-2-13)38(32,33)34)11-9-17-18-10-12-20(24(31)22(18)25-21(17)23)29-27-14-3-7-16(8-4-14)39(35,36)37/h1-12,25-27H,(H,32,33,34)(H,35,36,37)/b28-19+,29-20+. The lowest BCUT2D eigenvalue weighted by Gasteiger charge is -2.01. The number of nitrogens with one attached hydrogen (secondary N) is 3. The van der Waals surface area contributed by atoms with E-state index >= 15 is 0 Å². The Labute approximate surface area is 219 Å². The van der Waals surface area contributed by atoms with Gasteiger partial charge >= 0.3 is 0 Å². The minimum absolute atomic E-state index is 0.0280. The minimum atomic E-state index is -4.34. The molecule has 1 heterocycles. The van der Waals surface area contributed by atoms with E-state index in [0.29, 0.717) is 22.1 Å². The largest absolute Gasteiger partial charge is 0.348 e. The second-order valence-corrected chi connectivity index (χ2v) is 11.1. The average Bonchev–Trinajstić information content (AvgIpc) is 3.28. The van der Waals surface area contributed by atoms with Crippen molar-refractivity contribution in [3.8, 4) is 0 Å². The Balaban J connectivity index is 1.47. The van der Waals surface area contributed by atoms with Crippen molar-refractivity contribution in [2.45, 2.75) is 9.79 Å². The summed E-state index contributed by atoms with van der Waals surface area (Å²) >= 11 is 0. The fraction of sp³-hybridized carbons (Fsp3) is 0. The molecule has 198 valence electrons. The van der Waals surface area contributed by atoms with Gasteiger partial charge in [0.2, 0.25) is 10.9 Å². The highest BCUT2D eigenvalue weighted by Gasteiger charge is 2.13. The number of benzene rings is 4. The highest BCUT2D eigenvalue weighted by molar-refractivity contribution is 7.86. The number of anilines is 2. The summed E-state index contributed by atoms with van der Waals surface area (Å²) in [6, 6.07) is 16.4. The van der Waals surface area contributed by atoms with Crippen LogP contribution in [0, 0.1) is 0 Å². The molecule has 5 rings (SSSR count). The van der Waals surface area contributed by atoms with Gasteiger partial charge in [0.15, 0.2) is 0 Å². The molecular weight excluding hydrogens is 550 g/mol. The van der Waals surface area contributed by atoms with Crippen LogP contribution in [0.3, 0.4) is 0 Å². The van der Waals surface area contributed by atoms with Gasteiger partial charge in [0.05, 0.1) is 32.2 Å². The van der Waals surface area contributed by atoms with Crippen molar-refractivity contribution in [3.05, 3.63) is 104 Å². The van der Waals surface area contributed by atoms with Gasteiger partial charge in [-0.05, 0) is 72.8 Å². The van der Waals surface area contributed by atoms with Crippen LogP contribution in [0.5, 0.6) is 0 Å². The first kappa shape index (κ1) is 25.9. The zero-order chi connectivity index (χ0) is 27.9. The summed E-state index contributed by atoms with van der Waals surface area (Å²) in [4.78, 5) is 28.3. The Morgan fingerprint density at radius 3 is 1.26 bits per heavy atom. The van der Waals surface area contributed by atoms with Crippen LogP contribution in [-0.4, -0.2) is 30.9 Å². The molecule has 0 atom stereocenters. The average molecular weight is 568 g/mol. The van der Waals surface area contributed by atoms with Gasteiger partial charge in [0.25, 0.3) is 20.2 Å². The van der Waals surface area contributed by atoms with Crippen molar-refractivity contribution < 1.29 is 25.9 Å². The van der Waals surface area contributed by atoms with Gasteiger partial charge < -0.3 is 4.98 Å². The molecule has 0 spiro atoms. The zero-order valence-corrected chi connectivity index (χ0v) is 21.1. The highest BCUT2D eigenvalue weighted by atomic mass is 32.2. The van der Waals surface area contributed by atoms with E-state index in [1.54, 1.807) is 12.1 Å². The smallest absolute Gasteiger partial charge is 0.294 e. The lowest BCUT2D eigenvalue weighted by molar-refractivity contribution is 0.481. The lowest BCUT2D eigenvalue weighted by atomic mass is 10.1. The fourth-order valence-corrected chi connectivity index (χ4v) is 4.75. The third-order valence-electron chi connectivity index (χ3n) is 5.73. The highest BCUT2D eigenvalue weighted by Crippen LogP contribution is 2.19. The number of rotatable bonds is 6. The molecule has 15 heteroatoms. The van der Waals surface area contributed by atoms with Crippen LogP contribution in [0.15, 0.2) is 102 Å². The van der Waals surface area contributed by atoms with Gasteiger partial charge in [-0.2, -0.15) is 27.0 Å². The Morgan fingerprint density at radius 1 is 0.564 bits per heavy atom. The molecule has 0 aliphatic rings. The predicted octanol–water partition coefficient (Wildman–Crippen LogP) is 1.27. The van der Waals surface area contributed by atoms with Crippen molar-refractivity contribution in [1.82, 2.24) is 4.98 Å². The molecule has 0 bridgehead atoms. The van der Waals surface area contributed by atoms with E-state index in [1.807, 2.05) is 0 Å². The van der Waals surface area contributed by atoms with E-state index in [1.165, 1.54) is 60.7 Å². The minimum Gasteiger partial charge on any atom is -0.348 e. The molecule has 0 saturated carbocycles. The number of fused-ring (bicyclic) bond motifs is 3. The zero-order valence-electron chi connectivity index (χ0n) is 19.5. The van der Waals surface area contributed by atoms with Gasteiger partial charge in [-0.1, -0.05) is 0 Å². The van der Waals surface area contributed by atoms with Gasteiger partial charge in [-0.25, -0.2) is 0 Å². The molecule has 0 saturated heterocycles. The van der Waals surface area contributed by atoms with Crippen molar-refractivity contribution in [2.75, 3.05) is 10.9 Å². The Bertz CT molecular complexity index is 2040. The molecule has 0 radical (unpaired) electrons. The van der Waals surface area contributed by atoms with Crippen molar-refractivity contribution in [1.29, 1.82) is 0 Å². The van der Waals surface area contributed by atoms with E-state index in [0.717, 1.165) is 0 Å². The first-order chi connectivity index (χ1) is 18.4. The van der Waals surface area contributed by atoms with Crippen LogP contribution >= 0.6 is 0 Å². The molecule has 0 aliphatic carbocycles. The number of H-pyrrole nitrogens is 1. The molecular formula is C24H17N5O8S2. The molecule has 0 unspecified atom stereocenters. The Morgan fingerprint density at radius 2 is 0.923 bits per heavy atom. The van der Waals surface area contributed by atoms with E-state index in [4.69, 9.17) is 9.11 Å². The first-order valence-electron chi connectivity index (χ1n) is 11.0. The Kier molecular flexibility index (Phi) is 6.35. The third kappa shape index (κ3) is 5.19. The van der Waals surface area contributed by atoms with Crippen molar-refractivity contribution in [3.63, 3.8) is 0 Å². The summed E-state index contributed by atoms with van der Waals surface area (Å²) in [5.41, 5.74) is 5.36. The predicted molar refractivity (Wildman–Crippen MR) is 142 cm³/mol. The summed E-state index contributed by atoms with van der Waals surface area (Å²) < 4.78 is 62.8. The van der Waals surface area contributed by atoms with Crippen LogP contribution in [0.2, 0.25) is 0 Å². The van der Waals surface area contributed by atoms with E-state index in [-0.39, 0.29) is 31.5 Å². The summed E-state index contributed by atoms with van der Waals surface area (Å²) in [6.45, 7) is 0. The summed E-state index contributed by atoms with van der Waals surface area (Å²) in [7, 11) is -8.68. The SMILES string of the molecule is O=c1/c(=N/Nc2ccc(S(=O)(=O)O)cc2)ccc2c1[nH]c1c(=O)/c(=N/Nc3ccc(S(=O)(=O)O)cc3)ccc12. The number of aromatic amines is 1. The summed E-state index contributed by atoms with van der Waals surface area (Å²) in [6.07, 6.45) is 0. The molecule has 5 aromatic rings. The van der Waals surface area contributed by atoms with E-state index < -0.39 is 31.1 Å². The molecule has 0 aliphatic heterocycles. The number of hydrogen-bond acceptors (Lipinski definition) is 10. The van der Waals surface area contributed by atoms with Crippen LogP contribution in [0.25, 0.3) is 21.8 Å². The number of hydrogen-bond donors (Lipinski definition) is 5. The van der Waals surface area contributed by atoms with Crippen molar-refractivity contribution in [2.24, 2.45) is 10.2 Å². The maximum absolute atomic E-state index is 13.0. The van der Waals surface area contributed by atoms with Crippen LogP contribution in [0.4, 0.5) is 11.4 Å². The molecule has 13 nitrogen and oxygen atoms in total. The molecule has 4 aromatic carbocycles. The quantitative estimate of drug-likeness (QED) is 0.147. The second-order valence-electron chi connectivity index (χ2n) is 8.24. The van der Waals surface area contributed by atoms with Gasteiger partial charge in [-0.15, -0.1) is 0 Å². The lowest BCUT2D eigenvalue weighted by Crippen LogP contribution is -2.26. The van der Waals surface area contributed by atoms with Gasteiger partial charge in [-0.3, -0.25) is 29.5 Å². The number of aromatic nitrogens is 1. The normalized spacial score (nSPS) is 13.3. The molecule has 0 amide bonds. The first-order valence-corrected chi connectivity index (χ1v) is 13.8. The molecule has 39 heavy (non-hydrogen) atoms. The Hall–Kier alpha value is -4.70. The molecule has 0 fully saturated rings. The fourth-order valence-electron chi connectivity index (χ4n) is 3.79. The third-order valence-corrected chi connectivity index (χ3v) is 7.47. The second kappa shape index (κ2) is 9.55. The maximum atomic E-state index is 13.0. The van der Waals surface area contributed by atoms with E-state index in [9.17, 15) is 26.4 Å². The summed E-state index contributed by atoms with van der Waals surface area (Å²) in [5, 5.41) is 9.18. The van der Waals surface area contributed by atoms with Crippen LogP contribution in [-0.2, 0) is 20.2 Å². The number of nitrogens with zero attached hydrogens (tertiary/aromatic N) is 2. The maximum Gasteiger partial charge on any atom is 0.294 e. The van der Waals surface area contributed by atoms with Crippen LogP contribution in [0.1, 0.15) is 0 Å². The monoisotopic (exact) mass is 567 g/mol. The van der Waals surface area contributed by atoms with Crippen molar-refractivity contribution >= 4 is 53.4 Å². The summed E-state index contributed by atoms with van der Waals surface area (Å²) in [5.74, 6) is 0. The molecule has 5 N–H and O–H groups in total. The van der Waals surface area contributed by atoms with Crippen LogP contribution < -0.4 is 32.4 Å². The topological polar surface area (TPSA) is 207 Å². The van der Waals surface area contributed by atoms with Gasteiger partial charge in [0, 0.05) is 10.8 Å². The van der Waals surface area contributed by atoms with E-state index in [2.05, 4.69) is 26.0 Å². The van der Waals surface area contributed by atoms with Gasteiger partial charge in [0.1, 0.15) is 10.7 Å².